The zero-order valence-electron chi connectivity index (χ0n) is 11.1. The lowest BCUT2D eigenvalue weighted by atomic mass is 10.0. The zero-order chi connectivity index (χ0) is 14.9. The fourth-order valence-electron chi connectivity index (χ4n) is 2.10. The maximum absolute atomic E-state index is 13.2. The van der Waals surface area contributed by atoms with Crippen molar-refractivity contribution in [3.8, 4) is 0 Å². The molecular weight excluding hydrogens is 347 g/mol. The number of aromatic nitrogens is 2. The lowest BCUT2D eigenvalue weighted by molar-refractivity contribution is 0.527. The Morgan fingerprint density at radius 2 is 2.25 bits per heavy atom. The minimum absolute atomic E-state index is 0.0861. The first kappa shape index (κ1) is 15.4. The minimum atomic E-state index is -0.441. The summed E-state index contributed by atoms with van der Waals surface area (Å²) in [7, 11) is 1.87. The van der Waals surface area contributed by atoms with Gasteiger partial charge in [-0.15, -0.1) is 0 Å². The van der Waals surface area contributed by atoms with E-state index in [2.05, 4.69) is 26.5 Å². The van der Waals surface area contributed by atoms with Gasteiger partial charge in [0.05, 0.1) is 26.9 Å². The molecule has 2 rings (SSSR count). The lowest BCUT2D eigenvalue weighted by Crippen LogP contribution is -2.30. The van der Waals surface area contributed by atoms with E-state index in [1.54, 1.807) is 16.8 Å². The van der Waals surface area contributed by atoms with Crippen LogP contribution in [0, 0.1) is 12.7 Å². The van der Waals surface area contributed by atoms with E-state index in [0.29, 0.717) is 6.42 Å². The molecule has 1 unspecified atom stereocenters. The van der Waals surface area contributed by atoms with Gasteiger partial charge in [0.25, 0.3) is 0 Å². The molecule has 0 aliphatic heterocycles. The Kier molecular flexibility index (Phi) is 4.80. The molecule has 7 heteroatoms. The third kappa shape index (κ3) is 3.03. The second-order valence-electron chi connectivity index (χ2n) is 4.57. The van der Waals surface area contributed by atoms with Crippen LogP contribution in [0.3, 0.4) is 0 Å². The number of rotatable bonds is 4. The summed E-state index contributed by atoms with van der Waals surface area (Å²) in [6, 6.07) is 4.41. The zero-order valence-corrected chi connectivity index (χ0v) is 13.5. The van der Waals surface area contributed by atoms with Crippen molar-refractivity contribution in [3.63, 3.8) is 0 Å². The van der Waals surface area contributed by atoms with Crippen molar-refractivity contribution in [1.82, 2.24) is 15.2 Å². The first-order valence-corrected chi connectivity index (χ1v) is 7.20. The van der Waals surface area contributed by atoms with Crippen LogP contribution in [0.1, 0.15) is 23.0 Å². The van der Waals surface area contributed by atoms with Crippen molar-refractivity contribution < 1.29 is 4.39 Å². The molecular formula is C13H15BrClFN4. The normalized spacial score (nSPS) is 12.7. The van der Waals surface area contributed by atoms with Gasteiger partial charge in [0, 0.05) is 13.5 Å². The number of benzene rings is 1. The van der Waals surface area contributed by atoms with E-state index in [1.165, 1.54) is 6.07 Å². The van der Waals surface area contributed by atoms with Crippen LogP contribution in [0.4, 0.5) is 4.39 Å². The van der Waals surface area contributed by atoms with E-state index >= 15 is 0 Å². The Morgan fingerprint density at radius 1 is 1.55 bits per heavy atom. The highest BCUT2D eigenvalue weighted by atomic mass is 79.9. The van der Waals surface area contributed by atoms with E-state index < -0.39 is 5.82 Å². The van der Waals surface area contributed by atoms with Gasteiger partial charge in [0.1, 0.15) is 5.82 Å². The van der Waals surface area contributed by atoms with E-state index in [1.807, 2.05) is 14.0 Å². The van der Waals surface area contributed by atoms with Gasteiger partial charge in [-0.05, 0) is 40.5 Å². The smallest absolute Gasteiger partial charge is 0.141 e. The summed E-state index contributed by atoms with van der Waals surface area (Å²) in [5.74, 6) is 5.17. The summed E-state index contributed by atoms with van der Waals surface area (Å²) in [6.07, 6.45) is 0.608. The summed E-state index contributed by atoms with van der Waals surface area (Å²) in [6.45, 7) is 1.92. The monoisotopic (exact) mass is 360 g/mol. The average Bonchev–Trinajstić information content (AvgIpc) is 2.65. The molecule has 0 amide bonds. The molecule has 1 aromatic carbocycles. The highest BCUT2D eigenvalue weighted by molar-refractivity contribution is 9.10. The summed E-state index contributed by atoms with van der Waals surface area (Å²) in [5.41, 5.74) is 5.48. The van der Waals surface area contributed by atoms with Crippen molar-refractivity contribution in [1.29, 1.82) is 0 Å². The Hall–Kier alpha value is -0.950. The van der Waals surface area contributed by atoms with Crippen LogP contribution in [0.5, 0.6) is 0 Å². The second-order valence-corrected chi connectivity index (χ2v) is 5.77. The molecule has 0 saturated carbocycles. The number of hydrazine groups is 1. The molecule has 1 heterocycles. The fourth-order valence-corrected chi connectivity index (χ4v) is 2.78. The first-order chi connectivity index (χ1) is 9.43. The molecule has 0 saturated heterocycles. The lowest BCUT2D eigenvalue weighted by Gasteiger charge is -2.17. The topological polar surface area (TPSA) is 55.9 Å². The number of nitrogens with zero attached hydrogens (tertiary/aromatic N) is 2. The molecule has 0 spiro atoms. The van der Waals surface area contributed by atoms with E-state index in [0.717, 1.165) is 21.4 Å². The van der Waals surface area contributed by atoms with Crippen LogP contribution < -0.4 is 11.3 Å². The van der Waals surface area contributed by atoms with Gasteiger partial charge in [-0.25, -0.2) is 4.39 Å². The Morgan fingerprint density at radius 3 is 2.75 bits per heavy atom. The molecule has 4 nitrogen and oxygen atoms in total. The van der Waals surface area contributed by atoms with Gasteiger partial charge in [-0.3, -0.25) is 16.0 Å². The van der Waals surface area contributed by atoms with E-state index in [9.17, 15) is 4.39 Å². The third-order valence-corrected chi connectivity index (χ3v) is 4.53. The number of nitrogens with one attached hydrogen (secondary N) is 1. The predicted octanol–water partition coefficient (Wildman–Crippen LogP) is 3.03. The second kappa shape index (κ2) is 6.22. The highest BCUT2D eigenvalue weighted by Crippen LogP contribution is 2.27. The molecule has 1 aromatic heterocycles. The van der Waals surface area contributed by atoms with Crippen LogP contribution in [0.15, 0.2) is 22.7 Å². The highest BCUT2D eigenvalue weighted by Gasteiger charge is 2.18. The molecule has 0 aliphatic carbocycles. The van der Waals surface area contributed by atoms with Crippen LogP contribution in [0.25, 0.3) is 0 Å². The molecule has 0 radical (unpaired) electrons. The molecule has 1 atom stereocenters. The standard InChI is InChI=1S/C13H15BrClFN4/c1-7-13(14)12(20(2)19-7)6-11(18-17)8-3-4-10(16)9(15)5-8/h3-5,11,18H,6,17H2,1-2H3. The Bertz CT molecular complexity index is 629. The molecule has 108 valence electrons. The van der Waals surface area contributed by atoms with Crippen LogP contribution in [-0.4, -0.2) is 9.78 Å². The van der Waals surface area contributed by atoms with Crippen molar-refractivity contribution in [3.05, 3.63) is 50.5 Å². The van der Waals surface area contributed by atoms with Gasteiger partial charge < -0.3 is 0 Å². The summed E-state index contributed by atoms with van der Waals surface area (Å²) in [5, 5.41) is 4.42. The van der Waals surface area contributed by atoms with Crippen molar-refractivity contribution in [2.24, 2.45) is 12.9 Å². The number of hydrogen-bond donors (Lipinski definition) is 2. The number of nitrogens with two attached hydrogens (primary N) is 1. The molecule has 20 heavy (non-hydrogen) atoms. The Balaban J connectivity index is 2.31. The third-order valence-electron chi connectivity index (χ3n) is 3.21. The van der Waals surface area contributed by atoms with Crippen molar-refractivity contribution in [2.45, 2.75) is 19.4 Å². The largest absolute Gasteiger partial charge is 0.271 e. The predicted molar refractivity (Wildman–Crippen MR) is 80.8 cm³/mol. The van der Waals surface area contributed by atoms with Crippen LogP contribution >= 0.6 is 27.5 Å². The molecule has 2 aromatic rings. The van der Waals surface area contributed by atoms with Crippen molar-refractivity contribution in [2.75, 3.05) is 0 Å². The Labute approximate surface area is 130 Å². The number of halogens is 3. The molecule has 3 N–H and O–H groups in total. The summed E-state index contributed by atoms with van der Waals surface area (Å²) >= 11 is 9.33. The summed E-state index contributed by atoms with van der Waals surface area (Å²) < 4.78 is 16.0. The maximum Gasteiger partial charge on any atom is 0.141 e. The number of hydrogen-bond acceptors (Lipinski definition) is 3. The molecule has 0 bridgehead atoms. The average molecular weight is 362 g/mol. The molecule has 0 fully saturated rings. The quantitative estimate of drug-likeness (QED) is 0.650. The van der Waals surface area contributed by atoms with E-state index in [-0.39, 0.29) is 11.1 Å². The summed E-state index contributed by atoms with van der Waals surface area (Å²) in [4.78, 5) is 0. The van der Waals surface area contributed by atoms with Crippen molar-refractivity contribution >= 4 is 27.5 Å². The van der Waals surface area contributed by atoms with Gasteiger partial charge in [0.2, 0.25) is 0 Å². The van der Waals surface area contributed by atoms with Crippen LogP contribution in [0.2, 0.25) is 5.02 Å². The molecule has 0 aliphatic rings. The SMILES string of the molecule is Cc1nn(C)c(CC(NN)c2ccc(F)c(Cl)c2)c1Br. The van der Waals surface area contributed by atoms with Gasteiger partial charge in [-0.1, -0.05) is 17.7 Å². The van der Waals surface area contributed by atoms with E-state index in [4.69, 9.17) is 17.4 Å². The van der Waals surface area contributed by atoms with Gasteiger partial charge in [-0.2, -0.15) is 5.10 Å². The maximum atomic E-state index is 13.2. The van der Waals surface area contributed by atoms with Gasteiger partial charge in [0.15, 0.2) is 0 Å². The number of aryl methyl sites for hydroxylation is 2. The first-order valence-electron chi connectivity index (χ1n) is 6.03. The van der Waals surface area contributed by atoms with Crippen LogP contribution in [-0.2, 0) is 13.5 Å². The minimum Gasteiger partial charge on any atom is -0.271 e. The fraction of sp³-hybridized carbons (Fsp3) is 0.308. The van der Waals surface area contributed by atoms with Gasteiger partial charge >= 0.3 is 0 Å².